The Labute approximate surface area is 159 Å². The van der Waals surface area contributed by atoms with Crippen LogP contribution in [0, 0.1) is 13.8 Å². The zero-order valence-corrected chi connectivity index (χ0v) is 16.8. The largest absolute Gasteiger partial charge is 0.459 e. The van der Waals surface area contributed by atoms with Crippen molar-refractivity contribution in [2.75, 3.05) is 7.05 Å². The number of H-pyrrole nitrogens is 1. The monoisotopic (exact) mass is 376 g/mol. The number of esters is 1. The normalized spacial score (nSPS) is 12.2. The average Bonchev–Trinajstić information content (AvgIpc) is 2.87. The predicted molar refractivity (Wildman–Crippen MR) is 103 cm³/mol. The van der Waals surface area contributed by atoms with Crippen molar-refractivity contribution in [3.8, 4) is 0 Å². The molecule has 1 heterocycles. The van der Waals surface area contributed by atoms with Gasteiger partial charge in [0.15, 0.2) is 0 Å². The Kier molecular flexibility index (Phi) is 6.13. The van der Waals surface area contributed by atoms with Gasteiger partial charge in [0.2, 0.25) is 0 Å². The van der Waals surface area contributed by atoms with Gasteiger partial charge in [-0.25, -0.2) is 4.79 Å². The molecular weight excluding hydrogens is 352 g/mol. The molecule has 5 nitrogen and oxygen atoms in total. The van der Waals surface area contributed by atoms with Crippen LogP contribution in [0.4, 0.5) is 0 Å². The maximum Gasteiger partial charge on any atom is 0.340 e. The van der Waals surface area contributed by atoms with Crippen molar-refractivity contribution >= 4 is 23.5 Å². The first-order chi connectivity index (χ1) is 12.1. The van der Waals surface area contributed by atoms with Crippen LogP contribution in [0.5, 0.6) is 0 Å². The zero-order chi connectivity index (χ0) is 19.6. The lowest BCUT2D eigenvalue weighted by Gasteiger charge is -2.25. The van der Waals surface area contributed by atoms with Crippen molar-refractivity contribution < 1.29 is 14.3 Å². The Bertz CT molecular complexity index is 809. The maximum atomic E-state index is 13.0. The molecule has 0 spiro atoms. The van der Waals surface area contributed by atoms with Crippen LogP contribution in [0.15, 0.2) is 24.3 Å². The number of amides is 1. The van der Waals surface area contributed by atoms with Gasteiger partial charge in [0.05, 0.1) is 17.7 Å². The molecule has 0 aliphatic carbocycles. The lowest BCUT2D eigenvalue weighted by atomic mass is 10.1. The second-order valence-electron chi connectivity index (χ2n) is 6.72. The van der Waals surface area contributed by atoms with Crippen LogP contribution in [0.1, 0.15) is 64.5 Å². The molecule has 0 saturated carbocycles. The van der Waals surface area contributed by atoms with Gasteiger partial charge >= 0.3 is 5.97 Å². The molecule has 0 aliphatic heterocycles. The van der Waals surface area contributed by atoms with Crippen molar-refractivity contribution in [1.29, 1.82) is 0 Å². The van der Waals surface area contributed by atoms with Gasteiger partial charge in [-0.15, -0.1) is 0 Å². The number of rotatable bonds is 5. The third-order valence-electron chi connectivity index (χ3n) is 4.45. The number of hydrogen-bond acceptors (Lipinski definition) is 3. The minimum absolute atomic E-state index is 0.145. The number of aromatic nitrogens is 1. The Morgan fingerprint density at radius 2 is 1.69 bits per heavy atom. The molecule has 2 rings (SSSR count). The number of hydrogen-bond donors (Lipinski definition) is 1. The van der Waals surface area contributed by atoms with Crippen LogP contribution in [0.3, 0.4) is 0 Å². The standard InChI is InChI=1S/C20H25ClN2O3/c1-11(2)26-20(25)17-12(3)18(22-13(17)4)19(24)23(6)14(5)15-7-9-16(21)10-8-15/h7-11,14,22H,1-6H3. The number of halogens is 1. The topological polar surface area (TPSA) is 62.4 Å². The Hall–Kier alpha value is -2.27. The number of ether oxygens (including phenoxy) is 1. The highest BCUT2D eigenvalue weighted by atomic mass is 35.5. The Morgan fingerprint density at radius 3 is 2.23 bits per heavy atom. The van der Waals surface area contributed by atoms with E-state index < -0.39 is 5.97 Å². The number of nitrogens with one attached hydrogen (secondary N) is 1. The summed E-state index contributed by atoms with van der Waals surface area (Å²) in [7, 11) is 1.74. The molecule has 140 valence electrons. The van der Waals surface area contributed by atoms with Gasteiger partial charge in [-0.05, 0) is 57.9 Å². The molecule has 1 amide bonds. The van der Waals surface area contributed by atoms with Crippen LogP contribution >= 0.6 is 11.6 Å². The van der Waals surface area contributed by atoms with E-state index in [9.17, 15) is 9.59 Å². The van der Waals surface area contributed by atoms with Crippen LogP contribution in [-0.4, -0.2) is 34.9 Å². The Morgan fingerprint density at radius 1 is 1.12 bits per heavy atom. The van der Waals surface area contributed by atoms with Gasteiger partial charge < -0.3 is 14.6 Å². The van der Waals surface area contributed by atoms with Crippen molar-refractivity contribution in [2.45, 2.75) is 46.8 Å². The average molecular weight is 377 g/mol. The van der Waals surface area contributed by atoms with E-state index in [1.54, 1.807) is 51.8 Å². The van der Waals surface area contributed by atoms with E-state index in [0.29, 0.717) is 27.5 Å². The summed E-state index contributed by atoms with van der Waals surface area (Å²) in [6.45, 7) is 9.06. The Balaban J connectivity index is 2.29. The van der Waals surface area contributed by atoms with Crippen molar-refractivity contribution in [3.05, 3.63) is 57.4 Å². The molecule has 0 saturated heterocycles. The van der Waals surface area contributed by atoms with Gasteiger partial charge in [-0.1, -0.05) is 23.7 Å². The second kappa shape index (κ2) is 7.96. The molecule has 0 radical (unpaired) electrons. The van der Waals surface area contributed by atoms with Gasteiger partial charge in [-0.3, -0.25) is 4.79 Å². The van der Waals surface area contributed by atoms with E-state index in [4.69, 9.17) is 16.3 Å². The van der Waals surface area contributed by atoms with Crippen molar-refractivity contribution in [1.82, 2.24) is 9.88 Å². The number of aromatic amines is 1. The highest BCUT2D eigenvalue weighted by molar-refractivity contribution is 6.30. The smallest absolute Gasteiger partial charge is 0.340 e. The fraction of sp³-hybridized carbons (Fsp3) is 0.400. The molecule has 1 atom stereocenters. The summed E-state index contributed by atoms with van der Waals surface area (Å²) in [5.74, 6) is -0.602. The van der Waals surface area contributed by atoms with Crippen LogP contribution in [0.25, 0.3) is 0 Å². The highest BCUT2D eigenvalue weighted by Gasteiger charge is 2.27. The zero-order valence-electron chi connectivity index (χ0n) is 16.0. The van der Waals surface area contributed by atoms with Crippen LogP contribution in [0.2, 0.25) is 5.02 Å². The molecule has 2 aromatic rings. The SMILES string of the molecule is Cc1[nH]c(C(=O)N(C)C(C)c2ccc(Cl)cc2)c(C)c1C(=O)OC(C)C. The van der Waals surface area contributed by atoms with Crippen LogP contribution in [-0.2, 0) is 4.74 Å². The molecule has 0 fully saturated rings. The minimum atomic E-state index is -0.418. The summed E-state index contributed by atoms with van der Waals surface area (Å²) in [5, 5.41) is 0.652. The third kappa shape index (κ3) is 4.10. The summed E-state index contributed by atoms with van der Waals surface area (Å²) in [6.07, 6.45) is -0.219. The first-order valence-corrected chi connectivity index (χ1v) is 8.94. The molecule has 0 bridgehead atoms. The summed E-state index contributed by atoms with van der Waals surface area (Å²) in [6, 6.07) is 7.25. The van der Waals surface area contributed by atoms with E-state index in [1.807, 2.05) is 19.1 Å². The first kappa shape index (κ1) is 20.0. The molecule has 1 aromatic carbocycles. The van der Waals surface area contributed by atoms with Crippen molar-refractivity contribution in [3.63, 3.8) is 0 Å². The minimum Gasteiger partial charge on any atom is -0.459 e. The van der Waals surface area contributed by atoms with E-state index in [0.717, 1.165) is 5.56 Å². The van der Waals surface area contributed by atoms with Gasteiger partial charge in [-0.2, -0.15) is 0 Å². The maximum absolute atomic E-state index is 13.0. The summed E-state index contributed by atoms with van der Waals surface area (Å²) in [5.41, 5.74) is 3.04. The van der Waals surface area contributed by atoms with Gasteiger partial charge in [0, 0.05) is 17.8 Å². The second-order valence-corrected chi connectivity index (χ2v) is 7.16. The number of aryl methyl sites for hydroxylation is 1. The molecule has 1 unspecified atom stereocenters. The lowest BCUT2D eigenvalue weighted by molar-refractivity contribution is 0.0376. The molecule has 1 N–H and O–H groups in total. The quantitative estimate of drug-likeness (QED) is 0.770. The lowest BCUT2D eigenvalue weighted by Crippen LogP contribution is -2.30. The van der Waals surface area contributed by atoms with Gasteiger partial charge in [0.1, 0.15) is 5.69 Å². The highest BCUT2D eigenvalue weighted by Crippen LogP contribution is 2.25. The molecule has 26 heavy (non-hydrogen) atoms. The van der Waals surface area contributed by atoms with E-state index in [1.165, 1.54) is 0 Å². The van der Waals surface area contributed by atoms with Crippen LogP contribution < -0.4 is 0 Å². The van der Waals surface area contributed by atoms with E-state index >= 15 is 0 Å². The van der Waals surface area contributed by atoms with E-state index in [-0.39, 0.29) is 18.1 Å². The fourth-order valence-corrected chi connectivity index (χ4v) is 2.99. The van der Waals surface area contributed by atoms with Gasteiger partial charge in [0.25, 0.3) is 5.91 Å². The third-order valence-corrected chi connectivity index (χ3v) is 4.70. The summed E-state index contributed by atoms with van der Waals surface area (Å²) >= 11 is 5.93. The fourth-order valence-electron chi connectivity index (χ4n) is 2.86. The van der Waals surface area contributed by atoms with E-state index in [2.05, 4.69) is 4.98 Å². The number of carbonyl (C=O) groups is 2. The molecule has 0 aliphatic rings. The van der Waals surface area contributed by atoms with Crippen molar-refractivity contribution in [2.24, 2.45) is 0 Å². The number of benzene rings is 1. The predicted octanol–water partition coefficient (Wildman–Crippen LogP) is 4.68. The molecular formula is C20H25ClN2O3. The number of carbonyl (C=O) groups excluding carboxylic acids is 2. The molecule has 1 aromatic heterocycles. The first-order valence-electron chi connectivity index (χ1n) is 8.56. The summed E-state index contributed by atoms with van der Waals surface area (Å²) < 4.78 is 5.28. The molecule has 6 heteroatoms. The number of nitrogens with zero attached hydrogens (tertiary/aromatic N) is 1. The summed E-state index contributed by atoms with van der Waals surface area (Å²) in [4.78, 5) is 30.0.